The van der Waals surface area contributed by atoms with Crippen LogP contribution in [0.3, 0.4) is 0 Å². The standard InChI is InChI=1S/C30H33FN6O/c1-36-27-21(31)12-18(29(38)35-25-7-5-19-8-10-30(19,25)32)13-23(27)34-28(36)24-14-17-4-6-22-20(9-11-33-22)26(17)37(24)15-16-2-3-16/h4,6,12-14,16,19,25,33H,2-3,5,7-11,15,32H2,1H3,(H,35,38)/t19-,25-,30+/m1/s1. The van der Waals surface area contributed by atoms with Crippen molar-refractivity contribution in [1.29, 1.82) is 0 Å². The van der Waals surface area contributed by atoms with E-state index in [9.17, 15) is 4.79 Å². The Morgan fingerprint density at radius 2 is 2.05 bits per heavy atom. The molecule has 196 valence electrons. The Balaban J connectivity index is 1.21. The monoisotopic (exact) mass is 512 g/mol. The van der Waals surface area contributed by atoms with Gasteiger partial charge in [0, 0.05) is 53.9 Å². The molecule has 38 heavy (non-hydrogen) atoms. The number of hydrogen-bond acceptors (Lipinski definition) is 4. The van der Waals surface area contributed by atoms with E-state index in [1.807, 2.05) is 11.6 Å². The molecule has 4 aliphatic rings. The van der Waals surface area contributed by atoms with E-state index in [0.717, 1.165) is 56.7 Å². The van der Waals surface area contributed by atoms with Crippen molar-refractivity contribution in [3.63, 3.8) is 0 Å². The Morgan fingerprint density at radius 3 is 2.82 bits per heavy atom. The van der Waals surface area contributed by atoms with E-state index in [1.54, 1.807) is 6.07 Å². The third-order valence-corrected chi connectivity index (χ3v) is 9.85. The summed E-state index contributed by atoms with van der Waals surface area (Å²) in [7, 11) is 1.87. The summed E-state index contributed by atoms with van der Waals surface area (Å²) in [5.74, 6) is 1.19. The number of carbonyl (C=O) groups is 1. The Bertz CT molecular complexity index is 1650. The summed E-state index contributed by atoms with van der Waals surface area (Å²) in [5, 5.41) is 7.81. The van der Waals surface area contributed by atoms with Crippen LogP contribution in [0, 0.1) is 17.7 Å². The van der Waals surface area contributed by atoms with Gasteiger partial charge in [0.05, 0.1) is 16.7 Å². The summed E-state index contributed by atoms with van der Waals surface area (Å²) in [6.45, 7) is 1.89. The van der Waals surface area contributed by atoms with Gasteiger partial charge in [0.25, 0.3) is 5.91 Å². The average Bonchev–Trinajstić information content (AvgIpc) is 3.20. The maximum absolute atomic E-state index is 15.6. The molecule has 3 heterocycles. The Hall–Kier alpha value is -3.39. The minimum Gasteiger partial charge on any atom is -0.384 e. The SMILES string of the molecule is Cn1c(-c2cc3ccc4c(c3n2CC2CC2)CCN4)nc2cc(C(=O)N[C@@H]3CC[C@@H]4CC[C@]43N)cc(F)c21. The fraction of sp³-hybridized carbons (Fsp3) is 0.467. The molecule has 4 aromatic rings. The Labute approximate surface area is 220 Å². The van der Waals surface area contributed by atoms with Crippen LogP contribution in [0.2, 0.25) is 0 Å². The molecule has 1 aliphatic heterocycles. The quantitative estimate of drug-likeness (QED) is 0.361. The largest absolute Gasteiger partial charge is 0.384 e. The maximum atomic E-state index is 15.6. The number of fused-ring (bicyclic) bond motifs is 5. The molecular weight excluding hydrogens is 479 g/mol. The molecule has 2 aromatic heterocycles. The Morgan fingerprint density at radius 1 is 1.18 bits per heavy atom. The number of nitrogens with one attached hydrogen (secondary N) is 2. The summed E-state index contributed by atoms with van der Waals surface area (Å²) in [4.78, 5) is 18.1. The summed E-state index contributed by atoms with van der Waals surface area (Å²) < 4.78 is 19.8. The molecule has 0 unspecified atom stereocenters. The fourth-order valence-corrected chi connectivity index (χ4v) is 7.40. The molecule has 0 radical (unpaired) electrons. The van der Waals surface area contributed by atoms with E-state index in [4.69, 9.17) is 10.7 Å². The topological polar surface area (TPSA) is 89.9 Å². The third-order valence-electron chi connectivity index (χ3n) is 9.85. The molecule has 1 amide bonds. The first kappa shape index (κ1) is 22.6. The number of nitrogens with zero attached hydrogens (tertiary/aromatic N) is 3. The molecule has 7 nitrogen and oxygen atoms in total. The van der Waals surface area contributed by atoms with Gasteiger partial charge in [-0.15, -0.1) is 0 Å². The number of imidazole rings is 1. The van der Waals surface area contributed by atoms with Crippen molar-refractivity contribution in [1.82, 2.24) is 19.4 Å². The zero-order valence-electron chi connectivity index (χ0n) is 21.7. The predicted octanol–water partition coefficient (Wildman–Crippen LogP) is 4.71. The van der Waals surface area contributed by atoms with Crippen molar-refractivity contribution in [2.24, 2.45) is 24.6 Å². The predicted molar refractivity (Wildman–Crippen MR) is 147 cm³/mol. The van der Waals surface area contributed by atoms with Crippen LogP contribution in [0.15, 0.2) is 30.3 Å². The van der Waals surface area contributed by atoms with Gasteiger partial charge in [-0.1, -0.05) is 6.07 Å². The lowest BCUT2D eigenvalue weighted by Gasteiger charge is -2.45. The molecule has 0 spiro atoms. The number of aryl methyl sites for hydroxylation is 1. The molecule has 3 aliphatic carbocycles. The van der Waals surface area contributed by atoms with Crippen molar-refractivity contribution in [2.75, 3.05) is 11.9 Å². The van der Waals surface area contributed by atoms with Gasteiger partial charge in [-0.05, 0) is 81.0 Å². The maximum Gasteiger partial charge on any atom is 0.251 e. The van der Waals surface area contributed by atoms with E-state index >= 15 is 4.39 Å². The highest BCUT2D eigenvalue weighted by Crippen LogP contribution is 2.48. The molecule has 0 bridgehead atoms. The minimum atomic E-state index is -0.431. The second kappa shape index (κ2) is 7.82. The Kier molecular flexibility index (Phi) is 4.65. The van der Waals surface area contributed by atoms with Crippen LogP contribution in [-0.4, -0.2) is 38.2 Å². The number of aromatic nitrogens is 3. The van der Waals surface area contributed by atoms with Crippen LogP contribution in [0.5, 0.6) is 0 Å². The van der Waals surface area contributed by atoms with E-state index in [-0.39, 0.29) is 17.5 Å². The normalized spacial score (nSPS) is 25.9. The molecule has 0 saturated heterocycles. The number of rotatable bonds is 5. The minimum absolute atomic E-state index is 0.0545. The van der Waals surface area contributed by atoms with Gasteiger partial charge < -0.3 is 25.5 Å². The van der Waals surface area contributed by atoms with Crippen LogP contribution >= 0.6 is 0 Å². The molecule has 8 heteroatoms. The zero-order chi connectivity index (χ0) is 25.8. The highest BCUT2D eigenvalue weighted by atomic mass is 19.1. The number of nitrogens with two attached hydrogens (primary N) is 1. The van der Waals surface area contributed by atoms with Crippen LogP contribution in [0.4, 0.5) is 10.1 Å². The zero-order valence-corrected chi connectivity index (χ0v) is 21.7. The van der Waals surface area contributed by atoms with Gasteiger partial charge in [-0.3, -0.25) is 4.79 Å². The fourth-order valence-electron chi connectivity index (χ4n) is 7.40. The third kappa shape index (κ3) is 3.16. The van der Waals surface area contributed by atoms with E-state index in [0.29, 0.717) is 28.4 Å². The number of halogens is 1. The van der Waals surface area contributed by atoms with E-state index in [1.165, 1.54) is 41.1 Å². The average molecular weight is 513 g/mol. The lowest BCUT2D eigenvalue weighted by molar-refractivity contribution is 0.0861. The van der Waals surface area contributed by atoms with Crippen molar-refractivity contribution >= 4 is 33.5 Å². The van der Waals surface area contributed by atoms with Crippen molar-refractivity contribution < 1.29 is 9.18 Å². The van der Waals surface area contributed by atoms with Crippen LogP contribution < -0.4 is 16.4 Å². The van der Waals surface area contributed by atoms with Gasteiger partial charge in [0.2, 0.25) is 0 Å². The first-order valence-electron chi connectivity index (χ1n) is 14.1. The highest BCUT2D eigenvalue weighted by molar-refractivity contribution is 5.99. The molecule has 3 saturated carbocycles. The summed E-state index contributed by atoms with van der Waals surface area (Å²) >= 11 is 0. The van der Waals surface area contributed by atoms with E-state index in [2.05, 4.69) is 33.4 Å². The van der Waals surface area contributed by atoms with Crippen molar-refractivity contribution in [2.45, 2.75) is 63.1 Å². The number of anilines is 1. The van der Waals surface area contributed by atoms with Crippen LogP contribution in [0.25, 0.3) is 33.5 Å². The lowest BCUT2D eigenvalue weighted by Crippen LogP contribution is -2.63. The molecule has 4 N–H and O–H groups in total. The molecular formula is C30H33FN6O. The van der Waals surface area contributed by atoms with Crippen molar-refractivity contribution in [3.05, 3.63) is 47.3 Å². The number of benzene rings is 2. The number of hydrogen-bond donors (Lipinski definition) is 3. The number of carbonyl (C=O) groups excluding carboxylic acids is 1. The second-order valence-corrected chi connectivity index (χ2v) is 12.1. The second-order valence-electron chi connectivity index (χ2n) is 12.1. The smallest absolute Gasteiger partial charge is 0.251 e. The first-order chi connectivity index (χ1) is 18.4. The molecule has 3 fully saturated rings. The van der Waals surface area contributed by atoms with E-state index < -0.39 is 5.82 Å². The van der Waals surface area contributed by atoms with Gasteiger partial charge in [-0.25, -0.2) is 9.37 Å². The highest BCUT2D eigenvalue weighted by Gasteiger charge is 2.53. The summed E-state index contributed by atoms with van der Waals surface area (Å²) in [6.07, 6.45) is 7.50. The van der Waals surface area contributed by atoms with Gasteiger partial charge in [0.1, 0.15) is 11.3 Å². The van der Waals surface area contributed by atoms with Gasteiger partial charge >= 0.3 is 0 Å². The van der Waals surface area contributed by atoms with Crippen LogP contribution in [0.1, 0.15) is 54.4 Å². The molecule has 3 atom stereocenters. The van der Waals surface area contributed by atoms with Gasteiger partial charge in [-0.2, -0.15) is 0 Å². The summed E-state index contributed by atoms with van der Waals surface area (Å²) in [5.41, 5.74) is 12.3. The first-order valence-corrected chi connectivity index (χ1v) is 14.1. The van der Waals surface area contributed by atoms with Crippen LogP contribution in [-0.2, 0) is 20.0 Å². The molecule has 8 rings (SSSR count). The lowest BCUT2D eigenvalue weighted by atomic mass is 9.68. The molecule has 2 aromatic carbocycles. The number of amides is 1. The summed E-state index contributed by atoms with van der Waals surface area (Å²) in [6, 6.07) is 9.54. The van der Waals surface area contributed by atoms with Crippen molar-refractivity contribution in [3.8, 4) is 11.5 Å². The van der Waals surface area contributed by atoms with Gasteiger partial charge in [0.15, 0.2) is 5.82 Å².